The zero-order valence-electron chi connectivity index (χ0n) is 7.04. The van der Waals surface area contributed by atoms with Crippen LogP contribution in [0.15, 0.2) is 23.8 Å². The highest BCUT2D eigenvalue weighted by Crippen LogP contribution is 2.38. The first-order valence-corrected chi connectivity index (χ1v) is 4.56. The zero-order chi connectivity index (χ0) is 9.35. The maximum absolute atomic E-state index is 11.0. The fourth-order valence-electron chi connectivity index (χ4n) is 1.34. The molecule has 0 spiro atoms. The molecule has 1 rings (SSSR count). The van der Waals surface area contributed by atoms with E-state index in [9.17, 15) is 4.79 Å². The maximum atomic E-state index is 11.0. The molecule has 2 nitrogen and oxygen atoms in total. The second-order valence-corrected chi connectivity index (χ2v) is 4.29. The molecule has 1 aliphatic rings. The summed E-state index contributed by atoms with van der Waals surface area (Å²) in [6.45, 7) is 3.71. The zero-order valence-corrected chi connectivity index (χ0v) is 8.63. The molecule has 0 aromatic heterocycles. The van der Waals surface area contributed by atoms with Gasteiger partial charge in [-0.15, -0.1) is 0 Å². The Bertz CT molecular complexity index is 268. The van der Waals surface area contributed by atoms with E-state index >= 15 is 0 Å². The van der Waals surface area contributed by atoms with Gasteiger partial charge in [0.1, 0.15) is 4.32 Å². The third-order valence-corrected chi connectivity index (χ3v) is 3.95. The van der Waals surface area contributed by atoms with Gasteiger partial charge in [-0.3, -0.25) is 4.79 Å². The van der Waals surface area contributed by atoms with Gasteiger partial charge in [-0.2, -0.15) is 0 Å². The Hall–Kier alpha value is -0.570. The predicted molar refractivity (Wildman–Crippen MR) is 51.4 cm³/mol. The summed E-state index contributed by atoms with van der Waals surface area (Å²) in [4.78, 5) is 11.0. The Morgan fingerprint density at radius 3 is 2.67 bits per heavy atom. The Balaban J connectivity index is 3.10. The van der Waals surface area contributed by atoms with Gasteiger partial charge < -0.3 is 5.11 Å². The number of hydrogen-bond donors (Lipinski definition) is 1. The van der Waals surface area contributed by atoms with Crippen molar-refractivity contribution in [3.63, 3.8) is 0 Å². The van der Waals surface area contributed by atoms with Gasteiger partial charge in [0.15, 0.2) is 0 Å². The number of carboxylic acids is 1. The van der Waals surface area contributed by atoms with Crippen molar-refractivity contribution in [1.29, 1.82) is 0 Å². The van der Waals surface area contributed by atoms with Gasteiger partial charge in [-0.05, 0) is 12.5 Å². The molecule has 3 heteroatoms. The molecule has 0 aromatic rings. The van der Waals surface area contributed by atoms with Crippen molar-refractivity contribution in [2.75, 3.05) is 0 Å². The van der Waals surface area contributed by atoms with Crippen LogP contribution in [0, 0.1) is 5.92 Å². The van der Waals surface area contributed by atoms with Crippen molar-refractivity contribution in [2.24, 2.45) is 5.92 Å². The van der Waals surface area contributed by atoms with E-state index in [1.165, 1.54) is 0 Å². The highest BCUT2D eigenvalue weighted by molar-refractivity contribution is 9.10. The van der Waals surface area contributed by atoms with Crippen molar-refractivity contribution < 1.29 is 9.90 Å². The van der Waals surface area contributed by atoms with Crippen LogP contribution in [-0.4, -0.2) is 15.4 Å². The molecule has 2 atom stereocenters. The lowest BCUT2D eigenvalue weighted by molar-refractivity contribution is -0.139. The van der Waals surface area contributed by atoms with Crippen LogP contribution in [0.2, 0.25) is 0 Å². The van der Waals surface area contributed by atoms with Crippen molar-refractivity contribution in [1.82, 2.24) is 0 Å². The summed E-state index contributed by atoms with van der Waals surface area (Å²) >= 11 is 3.27. The first kappa shape index (κ1) is 9.52. The molecule has 0 amide bonds. The Morgan fingerprint density at radius 1 is 1.75 bits per heavy atom. The van der Waals surface area contributed by atoms with E-state index in [0.29, 0.717) is 0 Å². The molecule has 1 aliphatic carbocycles. The van der Waals surface area contributed by atoms with E-state index < -0.39 is 10.3 Å². The van der Waals surface area contributed by atoms with E-state index in [1.54, 1.807) is 0 Å². The normalized spacial score (nSPS) is 34.6. The van der Waals surface area contributed by atoms with Crippen LogP contribution in [0.1, 0.15) is 13.8 Å². The van der Waals surface area contributed by atoms with E-state index in [1.807, 2.05) is 32.1 Å². The Kier molecular flexibility index (Phi) is 2.42. The number of carboxylic acid groups (broad SMARTS) is 1. The van der Waals surface area contributed by atoms with Crippen LogP contribution in [0.3, 0.4) is 0 Å². The van der Waals surface area contributed by atoms with Gasteiger partial charge in [0.05, 0.1) is 0 Å². The second kappa shape index (κ2) is 3.05. The summed E-state index contributed by atoms with van der Waals surface area (Å²) in [5, 5.41) is 9.02. The van der Waals surface area contributed by atoms with E-state index in [-0.39, 0.29) is 5.92 Å². The summed E-state index contributed by atoms with van der Waals surface area (Å²) in [5.74, 6) is -0.840. The first-order valence-electron chi connectivity index (χ1n) is 3.77. The fraction of sp³-hybridized carbons (Fsp3) is 0.444. The van der Waals surface area contributed by atoms with Crippen molar-refractivity contribution in [3.8, 4) is 0 Å². The topological polar surface area (TPSA) is 37.3 Å². The third-order valence-electron chi connectivity index (χ3n) is 2.26. The molecule has 12 heavy (non-hydrogen) atoms. The van der Waals surface area contributed by atoms with E-state index in [4.69, 9.17) is 5.11 Å². The van der Waals surface area contributed by atoms with Crippen molar-refractivity contribution in [3.05, 3.63) is 23.8 Å². The minimum atomic E-state index is -0.901. The molecular formula is C9H11BrO2. The van der Waals surface area contributed by atoms with Gasteiger partial charge in [-0.25, -0.2) is 0 Å². The van der Waals surface area contributed by atoms with Crippen LogP contribution >= 0.6 is 15.9 Å². The predicted octanol–water partition coefficient (Wildman–Crippen LogP) is 2.36. The number of carbonyl (C=O) groups is 1. The first-order chi connectivity index (χ1) is 5.49. The second-order valence-electron chi connectivity index (χ2n) is 3.04. The molecule has 0 aromatic carbocycles. The quantitative estimate of drug-likeness (QED) is 0.703. The van der Waals surface area contributed by atoms with Crippen LogP contribution in [0.5, 0.6) is 0 Å². The molecule has 0 heterocycles. The maximum Gasteiger partial charge on any atom is 0.325 e. The average molecular weight is 231 g/mol. The number of allylic oxidation sites excluding steroid dienone is 3. The summed E-state index contributed by atoms with van der Waals surface area (Å²) in [5.41, 5.74) is 0.838. The van der Waals surface area contributed by atoms with Gasteiger partial charge >= 0.3 is 5.97 Å². The highest BCUT2D eigenvalue weighted by Gasteiger charge is 2.42. The van der Waals surface area contributed by atoms with E-state index in [0.717, 1.165) is 5.57 Å². The smallest absolute Gasteiger partial charge is 0.325 e. The minimum Gasteiger partial charge on any atom is -0.480 e. The van der Waals surface area contributed by atoms with Crippen LogP contribution in [0.25, 0.3) is 0 Å². The van der Waals surface area contributed by atoms with Crippen LogP contribution < -0.4 is 0 Å². The molecule has 0 radical (unpaired) electrons. The summed E-state index contributed by atoms with van der Waals surface area (Å²) in [6.07, 6.45) is 5.60. The SMILES string of the molecule is CC1=CC=CC(C)C1(Br)C(=O)O. The third kappa shape index (κ3) is 1.22. The molecule has 66 valence electrons. The highest BCUT2D eigenvalue weighted by atomic mass is 79.9. The number of rotatable bonds is 1. The molecule has 0 fully saturated rings. The summed E-state index contributed by atoms with van der Waals surface area (Å²) < 4.78 is -0.901. The number of aliphatic carboxylic acids is 1. The lowest BCUT2D eigenvalue weighted by atomic mass is 9.84. The largest absolute Gasteiger partial charge is 0.480 e. The molecule has 0 bridgehead atoms. The molecule has 0 saturated heterocycles. The van der Waals surface area contributed by atoms with E-state index in [2.05, 4.69) is 15.9 Å². The molecular weight excluding hydrogens is 220 g/mol. The summed E-state index contributed by atoms with van der Waals surface area (Å²) in [7, 11) is 0. The van der Waals surface area contributed by atoms with Gasteiger partial charge in [0.25, 0.3) is 0 Å². The fourth-order valence-corrected chi connectivity index (χ4v) is 1.63. The lowest BCUT2D eigenvalue weighted by Gasteiger charge is -2.30. The summed E-state index contributed by atoms with van der Waals surface area (Å²) in [6, 6.07) is 0. The Morgan fingerprint density at radius 2 is 2.33 bits per heavy atom. The monoisotopic (exact) mass is 230 g/mol. The standard InChI is InChI=1S/C9H11BrO2/c1-6-4-3-5-7(2)9(6,10)8(11)12/h3-6H,1-2H3,(H,11,12). The Labute approximate surface area is 80.1 Å². The average Bonchev–Trinajstić information content (AvgIpc) is 1.99. The van der Waals surface area contributed by atoms with Crippen molar-refractivity contribution in [2.45, 2.75) is 18.2 Å². The minimum absolute atomic E-state index is 0.0139. The van der Waals surface area contributed by atoms with Crippen molar-refractivity contribution >= 4 is 21.9 Å². The number of hydrogen-bond acceptors (Lipinski definition) is 1. The molecule has 1 N–H and O–H groups in total. The number of halogens is 1. The van der Waals surface area contributed by atoms with Crippen LogP contribution in [-0.2, 0) is 4.79 Å². The van der Waals surface area contributed by atoms with Gasteiger partial charge in [-0.1, -0.05) is 41.1 Å². The lowest BCUT2D eigenvalue weighted by Crippen LogP contribution is -2.40. The van der Waals surface area contributed by atoms with Gasteiger partial charge in [0.2, 0.25) is 0 Å². The molecule has 2 unspecified atom stereocenters. The molecule has 0 aliphatic heterocycles. The number of alkyl halides is 1. The van der Waals surface area contributed by atoms with Gasteiger partial charge in [0, 0.05) is 5.92 Å². The molecule has 0 saturated carbocycles. The van der Waals surface area contributed by atoms with Crippen LogP contribution in [0.4, 0.5) is 0 Å².